The lowest BCUT2D eigenvalue weighted by Crippen LogP contribution is -3.10. The standard InChI is InChI=1S/C21H29N3O4S/c1-5-24(6-2)16-18-12-10-17(11-13-18)15-22-21(25)19-8-7-9-20(14-19)29(26,27)23(3)28-4/h7-14H,5-6,15-16H2,1-4H3,(H,22,25)/p+1. The number of carbonyl (C=O) groups excluding carboxylic acids is 1. The number of nitrogens with zero attached hydrogens (tertiary/aromatic N) is 1. The Morgan fingerprint density at radius 1 is 1.07 bits per heavy atom. The van der Waals surface area contributed by atoms with E-state index < -0.39 is 10.0 Å². The summed E-state index contributed by atoms with van der Waals surface area (Å²) in [6.45, 7) is 7.88. The van der Waals surface area contributed by atoms with Gasteiger partial charge in [-0.1, -0.05) is 34.8 Å². The highest BCUT2D eigenvalue weighted by Gasteiger charge is 2.21. The molecule has 0 aromatic heterocycles. The molecule has 8 heteroatoms. The number of rotatable bonds is 10. The van der Waals surface area contributed by atoms with Crippen molar-refractivity contribution in [1.29, 1.82) is 0 Å². The molecule has 29 heavy (non-hydrogen) atoms. The molecule has 0 radical (unpaired) electrons. The Labute approximate surface area is 173 Å². The number of hydrogen-bond acceptors (Lipinski definition) is 4. The molecule has 2 aromatic carbocycles. The van der Waals surface area contributed by atoms with Crippen LogP contribution in [0.4, 0.5) is 0 Å². The third kappa shape index (κ3) is 6.11. The van der Waals surface area contributed by atoms with Crippen LogP contribution >= 0.6 is 0 Å². The molecule has 0 atom stereocenters. The van der Waals surface area contributed by atoms with Crippen molar-refractivity contribution in [1.82, 2.24) is 9.79 Å². The van der Waals surface area contributed by atoms with E-state index in [1.807, 2.05) is 12.1 Å². The summed E-state index contributed by atoms with van der Waals surface area (Å²) < 4.78 is 25.4. The van der Waals surface area contributed by atoms with Crippen LogP contribution in [0.15, 0.2) is 53.4 Å². The summed E-state index contributed by atoms with van der Waals surface area (Å²) in [5.41, 5.74) is 2.52. The molecule has 0 bridgehead atoms. The summed E-state index contributed by atoms with van der Waals surface area (Å²) in [6.07, 6.45) is 0. The van der Waals surface area contributed by atoms with E-state index in [2.05, 4.69) is 31.3 Å². The minimum absolute atomic E-state index is 0.00208. The van der Waals surface area contributed by atoms with Gasteiger partial charge in [0.05, 0.1) is 25.1 Å². The number of amides is 1. The van der Waals surface area contributed by atoms with Gasteiger partial charge >= 0.3 is 0 Å². The molecule has 0 saturated carbocycles. The topological polar surface area (TPSA) is 80.2 Å². The predicted octanol–water partition coefficient (Wildman–Crippen LogP) is 1.22. The second-order valence-corrected chi connectivity index (χ2v) is 8.69. The first-order valence-electron chi connectivity index (χ1n) is 9.64. The van der Waals surface area contributed by atoms with Gasteiger partial charge in [-0.3, -0.25) is 9.63 Å². The summed E-state index contributed by atoms with van der Waals surface area (Å²) in [6, 6.07) is 14.1. The highest BCUT2D eigenvalue weighted by Crippen LogP contribution is 2.16. The van der Waals surface area contributed by atoms with Crippen molar-refractivity contribution in [3.05, 3.63) is 65.2 Å². The Kier molecular flexibility index (Phi) is 8.33. The van der Waals surface area contributed by atoms with Crippen LogP contribution in [-0.4, -0.2) is 46.0 Å². The van der Waals surface area contributed by atoms with E-state index in [1.165, 1.54) is 42.8 Å². The average Bonchev–Trinajstić information content (AvgIpc) is 2.75. The highest BCUT2D eigenvalue weighted by molar-refractivity contribution is 7.89. The maximum absolute atomic E-state index is 12.5. The smallest absolute Gasteiger partial charge is 0.264 e. The number of quaternary nitrogens is 1. The first kappa shape index (κ1) is 23.0. The summed E-state index contributed by atoms with van der Waals surface area (Å²) in [4.78, 5) is 18.8. The number of hydroxylamine groups is 1. The van der Waals surface area contributed by atoms with E-state index >= 15 is 0 Å². The fourth-order valence-corrected chi connectivity index (χ4v) is 3.91. The molecule has 0 fully saturated rings. The van der Waals surface area contributed by atoms with Crippen LogP contribution in [0.5, 0.6) is 0 Å². The number of sulfonamides is 1. The molecule has 2 rings (SSSR count). The number of nitrogens with one attached hydrogen (secondary N) is 2. The zero-order valence-electron chi connectivity index (χ0n) is 17.4. The van der Waals surface area contributed by atoms with Crippen LogP contribution < -0.4 is 10.2 Å². The van der Waals surface area contributed by atoms with Gasteiger partial charge in [-0.25, -0.2) is 8.42 Å². The van der Waals surface area contributed by atoms with Crippen molar-refractivity contribution in [3.63, 3.8) is 0 Å². The molecular weight excluding hydrogens is 390 g/mol. The van der Waals surface area contributed by atoms with Crippen molar-refractivity contribution in [2.45, 2.75) is 31.8 Å². The fourth-order valence-electron chi connectivity index (χ4n) is 2.89. The summed E-state index contributed by atoms with van der Waals surface area (Å²) in [5, 5.41) is 2.84. The summed E-state index contributed by atoms with van der Waals surface area (Å²) in [5.74, 6) is -0.334. The van der Waals surface area contributed by atoms with Crippen LogP contribution in [0.25, 0.3) is 0 Å². The fraction of sp³-hybridized carbons (Fsp3) is 0.381. The molecule has 0 aliphatic heterocycles. The van der Waals surface area contributed by atoms with E-state index in [0.29, 0.717) is 6.54 Å². The predicted molar refractivity (Wildman–Crippen MR) is 112 cm³/mol. The van der Waals surface area contributed by atoms with Crippen molar-refractivity contribution >= 4 is 15.9 Å². The van der Waals surface area contributed by atoms with Gasteiger partial charge in [-0.05, 0) is 37.6 Å². The Hall–Kier alpha value is -2.26. The third-order valence-electron chi connectivity index (χ3n) is 4.92. The molecule has 0 spiro atoms. The number of benzene rings is 2. The minimum atomic E-state index is -3.80. The SMILES string of the molecule is CC[NH+](CC)Cc1ccc(CNC(=O)c2cccc(S(=O)(=O)N(C)OC)c2)cc1. The van der Waals surface area contributed by atoms with E-state index in [4.69, 9.17) is 4.84 Å². The zero-order valence-corrected chi connectivity index (χ0v) is 18.3. The Bertz CT molecular complexity index is 910. The van der Waals surface area contributed by atoms with Gasteiger partial charge in [0.2, 0.25) is 0 Å². The quantitative estimate of drug-likeness (QED) is 0.567. The van der Waals surface area contributed by atoms with E-state index in [1.54, 1.807) is 6.07 Å². The van der Waals surface area contributed by atoms with Crippen LogP contribution in [0, 0.1) is 0 Å². The monoisotopic (exact) mass is 420 g/mol. The van der Waals surface area contributed by atoms with Gasteiger partial charge in [0.15, 0.2) is 0 Å². The number of carbonyl (C=O) groups is 1. The lowest BCUT2D eigenvalue weighted by molar-refractivity contribution is -0.910. The van der Waals surface area contributed by atoms with E-state index in [9.17, 15) is 13.2 Å². The molecule has 0 saturated heterocycles. The molecule has 0 aliphatic rings. The summed E-state index contributed by atoms with van der Waals surface area (Å²) >= 11 is 0. The van der Waals surface area contributed by atoms with Crippen LogP contribution in [-0.2, 0) is 28.0 Å². The van der Waals surface area contributed by atoms with Crippen molar-refractivity contribution in [3.8, 4) is 0 Å². The van der Waals surface area contributed by atoms with Crippen molar-refractivity contribution in [2.24, 2.45) is 0 Å². The molecule has 0 heterocycles. The first-order chi connectivity index (χ1) is 13.8. The number of hydrogen-bond donors (Lipinski definition) is 2. The van der Waals surface area contributed by atoms with Gasteiger partial charge < -0.3 is 10.2 Å². The Morgan fingerprint density at radius 3 is 2.28 bits per heavy atom. The molecular formula is C21H30N3O4S+. The van der Waals surface area contributed by atoms with Crippen molar-refractivity contribution < 1.29 is 22.9 Å². The molecule has 0 unspecified atom stereocenters. The Morgan fingerprint density at radius 2 is 1.69 bits per heavy atom. The average molecular weight is 421 g/mol. The molecule has 0 aliphatic carbocycles. The zero-order chi connectivity index (χ0) is 21.4. The third-order valence-corrected chi connectivity index (χ3v) is 6.60. The second kappa shape index (κ2) is 10.5. The van der Waals surface area contributed by atoms with Gasteiger partial charge in [0.1, 0.15) is 6.54 Å². The van der Waals surface area contributed by atoms with Gasteiger partial charge in [0.25, 0.3) is 15.9 Å². The van der Waals surface area contributed by atoms with Crippen molar-refractivity contribution in [2.75, 3.05) is 27.2 Å². The first-order valence-corrected chi connectivity index (χ1v) is 11.1. The molecule has 7 nitrogen and oxygen atoms in total. The van der Waals surface area contributed by atoms with Crippen LogP contribution in [0.2, 0.25) is 0 Å². The molecule has 2 aromatic rings. The lowest BCUT2D eigenvalue weighted by atomic mass is 10.1. The van der Waals surface area contributed by atoms with Gasteiger partial charge in [-0.2, -0.15) is 0 Å². The largest absolute Gasteiger partial charge is 0.348 e. The van der Waals surface area contributed by atoms with Gasteiger partial charge in [-0.15, -0.1) is 0 Å². The van der Waals surface area contributed by atoms with Crippen LogP contribution in [0.3, 0.4) is 0 Å². The van der Waals surface area contributed by atoms with E-state index in [-0.39, 0.29) is 16.4 Å². The minimum Gasteiger partial charge on any atom is -0.348 e. The second-order valence-electron chi connectivity index (χ2n) is 6.76. The Balaban J connectivity index is 2.02. The normalized spacial score (nSPS) is 11.8. The lowest BCUT2D eigenvalue weighted by Gasteiger charge is -2.15. The summed E-state index contributed by atoms with van der Waals surface area (Å²) in [7, 11) is -1.24. The molecule has 1 amide bonds. The van der Waals surface area contributed by atoms with Crippen LogP contribution in [0.1, 0.15) is 35.3 Å². The highest BCUT2D eigenvalue weighted by atomic mass is 32.2. The van der Waals surface area contributed by atoms with Gasteiger partial charge in [0, 0.05) is 24.7 Å². The molecule has 2 N–H and O–H groups in total. The van der Waals surface area contributed by atoms with E-state index in [0.717, 1.165) is 29.7 Å². The molecule has 158 valence electrons. The maximum Gasteiger partial charge on any atom is 0.264 e. The maximum atomic E-state index is 12.5.